The third-order valence-electron chi connectivity index (χ3n) is 5.03. The fourth-order valence-corrected chi connectivity index (χ4v) is 3.40. The highest BCUT2D eigenvalue weighted by Crippen LogP contribution is 2.30. The molecule has 1 N–H and O–H groups in total. The van der Waals surface area contributed by atoms with E-state index in [1.54, 1.807) is 26.0 Å². The minimum Gasteiger partial charge on any atom is -0.459 e. The Bertz CT molecular complexity index is 1110. The quantitative estimate of drug-likeness (QED) is 0.590. The summed E-state index contributed by atoms with van der Waals surface area (Å²) < 4.78 is 48.4. The molecular formula is C24H23F3N2O6. The maximum atomic E-state index is 12.8. The average molecular weight is 492 g/mol. The first-order valence-electron chi connectivity index (χ1n) is 10.7. The fourth-order valence-electron chi connectivity index (χ4n) is 3.40. The van der Waals surface area contributed by atoms with Crippen molar-refractivity contribution in [3.05, 3.63) is 59.7 Å². The van der Waals surface area contributed by atoms with Crippen molar-refractivity contribution < 1.29 is 41.8 Å². The molecule has 3 rings (SSSR count). The first-order chi connectivity index (χ1) is 16.4. The first-order valence-corrected chi connectivity index (χ1v) is 10.7. The van der Waals surface area contributed by atoms with Gasteiger partial charge in [-0.1, -0.05) is 6.07 Å². The first kappa shape index (κ1) is 25.7. The van der Waals surface area contributed by atoms with Gasteiger partial charge in [0.05, 0.1) is 23.1 Å². The Morgan fingerprint density at radius 2 is 1.80 bits per heavy atom. The average Bonchev–Trinajstić information content (AvgIpc) is 3.18. The third kappa shape index (κ3) is 6.81. The normalized spacial score (nSPS) is 15.8. The predicted octanol–water partition coefficient (Wildman–Crippen LogP) is 3.81. The zero-order chi connectivity index (χ0) is 25.8. The summed E-state index contributed by atoms with van der Waals surface area (Å²) in [5.41, 5.74) is -0.226. The number of amides is 2. The molecule has 1 heterocycles. The molecule has 186 valence electrons. The number of nitrogens with zero attached hydrogens (tertiary/aromatic N) is 1. The van der Waals surface area contributed by atoms with Gasteiger partial charge in [-0.05, 0) is 56.3 Å². The highest BCUT2D eigenvalue weighted by Gasteiger charge is 2.36. The molecule has 1 atom stereocenters. The van der Waals surface area contributed by atoms with Crippen LogP contribution in [0.15, 0.2) is 48.5 Å². The number of anilines is 2. The zero-order valence-corrected chi connectivity index (χ0v) is 18.9. The molecule has 11 heteroatoms. The van der Waals surface area contributed by atoms with Gasteiger partial charge >= 0.3 is 18.1 Å². The summed E-state index contributed by atoms with van der Waals surface area (Å²) in [5.74, 6) is -3.25. The Labute approximate surface area is 199 Å². The summed E-state index contributed by atoms with van der Waals surface area (Å²) in [6.07, 6.45) is -4.97. The molecule has 0 saturated carbocycles. The van der Waals surface area contributed by atoms with E-state index in [0.29, 0.717) is 11.3 Å². The van der Waals surface area contributed by atoms with Crippen molar-refractivity contribution in [2.75, 3.05) is 23.4 Å². The monoisotopic (exact) mass is 492 g/mol. The lowest BCUT2D eigenvalue weighted by molar-refractivity contribution is -0.151. The highest BCUT2D eigenvalue weighted by molar-refractivity contribution is 6.00. The Morgan fingerprint density at radius 3 is 2.43 bits per heavy atom. The standard InChI is InChI=1S/C24H23F3N2O6/c1-14(2)35-23(33)15-6-8-19(9-7-15)29-12-16(10-21(29)31)22(32)34-13-20(30)28-18-5-3-4-17(11-18)24(25,26)27/h3-9,11,14,16H,10,12-13H2,1-2H3,(H,28,30)/t16-/m0/s1. The summed E-state index contributed by atoms with van der Waals surface area (Å²) in [5, 5.41) is 2.24. The van der Waals surface area contributed by atoms with Gasteiger partial charge < -0.3 is 19.7 Å². The van der Waals surface area contributed by atoms with Gasteiger partial charge in [0.15, 0.2) is 6.61 Å². The molecule has 1 aliphatic rings. The van der Waals surface area contributed by atoms with Crippen LogP contribution < -0.4 is 10.2 Å². The molecule has 2 aromatic carbocycles. The van der Waals surface area contributed by atoms with E-state index in [1.807, 2.05) is 0 Å². The van der Waals surface area contributed by atoms with E-state index in [4.69, 9.17) is 9.47 Å². The van der Waals surface area contributed by atoms with Gasteiger partial charge in [0.25, 0.3) is 5.91 Å². The van der Waals surface area contributed by atoms with E-state index in [2.05, 4.69) is 5.32 Å². The Kier molecular flexibility index (Phi) is 7.78. The number of alkyl halides is 3. The van der Waals surface area contributed by atoms with Gasteiger partial charge in [0, 0.05) is 24.3 Å². The summed E-state index contributed by atoms with van der Waals surface area (Å²) in [6.45, 7) is 2.75. The van der Waals surface area contributed by atoms with Crippen LogP contribution >= 0.6 is 0 Å². The van der Waals surface area contributed by atoms with Crippen molar-refractivity contribution in [1.82, 2.24) is 0 Å². The van der Waals surface area contributed by atoms with Crippen LogP contribution in [0, 0.1) is 5.92 Å². The topological polar surface area (TPSA) is 102 Å². The van der Waals surface area contributed by atoms with Crippen molar-refractivity contribution in [2.45, 2.75) is 32.5 Å². The molecule has 0 bridgehead atoms. The second-order valence-corrected chi connectivity index (χ2v) is 8.14. The lowest BCUT2D eigenvalue weighted by atomic mass is 10.1. The summed E-state index contributed by atoms with van der Waals surface area (Å²) in [6, 6.07) is 10.2. The van der Waals surface area contributed by atoms with Gasteiger partial charge in [0.1, 0.15) is 0 Å². The molecule has 0 aromatic heterocycles. The van der Waals surface area contributed by atoms with Crippen LogP contribution in [0.4, 0.5) is 24.5 Å². The molecule has 2 amide bonds. The van der Waals surface area contributed by atoms with Gasteiger partial charge in [0.2, 0.25) is 5.91 Å². The number of halogens is 3. The lowest BCUT2D eigenvalue weighted by Crippen LogP contribution is -2.28. The molecule has 0 unspecified atom stereocenters. The minimum atomic E-state index is -4.56. The largest absolute Gasteiger partial charge is 0.459 e. The van der Waals surface area contributed by atoms with Gasteiger partial charge in [-0.3, -0.25) is 14.4 Å². The van der Waals surface area contributed by atoms with E-state index >= 15 is 0 Å². The maximum absolute atomic E-state index is 12.8. The number of esters is 2. The Hall–Kier alpha value is -3.89. The Morgan fingerprint density at radius 1 is 1.11 bits per heavy atom. The van der Waals surface area contributed by atoms with Crippen molar-refractivity contribution in [1.29, 1.82) is 0 Å². The molecule has 8 nitrogen and oxygen atoms in total. The third-order valence-corrected chi connectivity index (χ3v) is 5.03. The Balaban J connectivity index is 1.53. The number of ether oxygens (including phenoxy) is 2. The molecular weight excluding hydrogens is 469 g/mol. The highest BCUT2D eigenvalue weighted by atomic mass is 19.4. The van der Waals surface area contributed by atoms with Crippen LogP contribution in [0.1, 0.15) is 36.2 Å². The van der Waals surface area contributed by atoms with Crippen molar-refractivity contribution in [3.63, 3.8) is 0 Å². The second-order valence-electron chi connectivity index (χ2n) is 8.14. The number of carbonyl (C=O) groups is 4. The number of benzene rings is 2. The molecule has 1 saturated heterocycles. The summed E-state index contributed by atoms with van der Waals surface area (Å²) >= 11 is 0. The van der Waals surface area contributed by atoms with Crippen LogP contribution in [0.3, 0.4) is 0 Å². The number of hydrogen-bond acceptors (Lipinski definition) is 6. The van der Waals surface area contributed by atoms with Crippen LogP contribution in [0.5, 0.6) is 0 Å². The van der Waals surface area contributed by atoms with Crippen LogP contribution in [-0.2, 0) is 30.0 Å². The lowest BCUT2D eigenvalue weighted by Gasteiger charge is -2.17. The van der Waals surface area contributed by atoms with E-state index in [1.165, 1.54) is 23.1 Å². The van der Waals surface area contributed by atoms with Crippen LogP contribution in [0.25, 0.3) is 0 Å². The summed E-state index contributed by atoms with van der Waals surface area (Å²) in [7, 11) is 0. The zero-order valence-electron chi connectivity index (χ0n) is 18.9. The maximum Gasteiger partial charge on any atom is 0.416 e. The van der Waals surface area contributed by atoms with E-state index < -0.39 is 42.1 Å². The van der Waals surface area contributed by atoms with Crippen LogP contribution in [0.2, 0.25) is 0 Å². The predicted molar refractivity (Wildman–Crippen MR) is 118 cm³/mol. The minimum absolute atomic E-state index is 0.0166. The van der Waals surface area contributed by atoms with Crippen LogP contribution in [-0.4, -0.2) is 43.0 Å². The fraction of sp³-hybridized carbons (Fsp3) is 0.333. The number of hydrogen-bond donors (Lipinski definition) is 1. The molecule has 2 aromatic rings. The van der Waals surface area contributed by atoms with Gasteiger partial charge in [-0.15, -0.1) is 0 Å². The van der Waals surface area contributed by atoms with Crippen molar-refractivity contribution >= 4 is 35.1 Å². The molecule has 0 aliphatic carbocycles. The SMILES string of the molecule is CC(C)OC(=O)c1ccc(N2C[C@@H](C(=O)OCC(=O)Nc3cccc(C(F)(F)F)c3)CC2=O)cc1. The van der Waals surface area contributed by atoms with Crippen molar-refractivity contribution in [2.24, 2.45) is 5.92 Å². The molecule has 35 heavy (non-hydrogen) atoms. The second kappa shape index (κ2) is 10.6. The molecule has 1 aliphatic heterocycles. The summed E-state index contributed by atoms with van der Waals surface area (Å²) in [4.78, 5) is 50.1. The van der Waals surface area contributed by atoms with Crippen molar-refractivity contribution in [3.8, 4) is 0 Å². The molecule has 1 fully saturated rings. The number of carbonyl (C=O) groups excluding carboxylic acids is 4. The van der Waals surface area contributed by atoms with Gasteiger partial charge in [-0.25, -0.2) is 4.79 Å². The van der Waals surface area contributed by atoms with E-state index in [-0.39, 0.29) is 30.7 Å². The number of nitrogens with one attached hydrogen (secondary N) is 1. The van der Waals surface area contributed by atoms with E-state index in [0.717, 1.165) is 18.2 Å². The molecule has 0 spiro atoms. The molecule has 0 radical (unpaired) electrons. The van der Waals surface area contributed by atoms with Gasteiger partial charge in [-0.2, -0.15) is 13.2 Å². The smallest absolute Gasteiger partial charge is 0.416 e. The number of rotatable bonds is 7. The van der Waals surface area contributed by atoms with E-state index in [9.17, 15) is 32.3 Å².